The first-order valence-electron chi connectivity index (χ1n) is 8.61. The van der Waals surface area contributed by atoms with E-state index in [0.29, 0.717) is 5.75 Å². The minimum atomic E-state index is -1.68. The summed E-state index contributed by atoms with van der Waals surface area (Å²) in [6.07, 6.45) is -3.38. The molecule has 0 unspecified atom stereocenters. The average Bonchev–Trinajstić information content (AvgIpc) is 3.15. The smallest absolute Gasteiger partial charge is 0.419 e. The molecule has 1 aromatic carbocycles. The van der Waals surface area contributed by atoms with Crippen LogP contribution in [-0.2, 0) is 18.9 Å². The number of hydrogen-bond donors (Lipinski definition) is 1. The third-order valence-corrected chi connectivity index (χ3v) is 4.92. The predicted molar refractivity (Wildman–Crippen MR) is 89.0 cm³/mol. The van der Waals surface area contributed by atoms with Crippen LogP contribution >= 0.6 is 0 Å². The van der Waals surface area contributed by atoms with Crippen molar-refractivity contribution in [2.75, 3.05) is 20.3 Å². The summed E-state index contributed by atoms with van der Waals surface area (Å²) in [4.78, 5) is 26.0. The predicted octanol–water partition coefficient (Wildman–Crippen LogP) is 0.895. The molecule has 4 atom stereocenters. The number of amides is 2. The lowest BCUT2D eigenvalue weighted by atomic mass is 9.96. The molecule has 0 aromatic heterocycles. The number of aliphatic hydroxyl groups is 1. The summed E-state index contributed by atoms with van der Waals surface area (Å²) in [7, 11) is 1.52. The average molecular weight is 379 g/mol. The Morgan fingerprint density at radius 2 is 1.96 bits per heavy atom. The molecule has 1 spiro atoms. The number of ether oxygens (including phenoxy) is 5. The molecule has 0 radical (unpaired) electrons. The van der Waals surface area contributed by atoms with Crippen LogP contribution in [0.4, 0.5) is 4.79 Å². The lowest BCUT2D eigenvalue weighted by Crippen LogP contribution is -2.62. The van der Waals surface area contributed by atoms with Crippen LogP contribution in [0.3, 0.4) is 0 Å². The second kappa shape index (κ2) is 6.16. The topological polar surface area (TPSA) is 104 Å². The normalized spacial score (nSPS) is 34.4. The molecule has 3 aliphatic rings. The highest BCUT2D eigenvalue weighted by molar-refractivity contribution is 6.03. The first-order valence-corrected chi connectivity index (χ1v) is 8.61. The molecule has 2 amide bonds. The monoisotopic (exact) mass is 379 g/mol. The van der Waals surface area contributed by atoms with Gasteiger partial charge in [0, 0.05) is 5.56 Å². The molecule has 1 aromatic rings. The number of nitrogens with zero attached hydrogens (tertiary/aromatic N) is 1. The van der Waals surface area contributed by atoms with Crippen molar-refractivity contribution < 1.29 is 38.4 Å². The summed E-state index contributed by atoms with van der Waals surface area (Å²) in [5, 5.41) is 10.8. The summed E-state index contributed by atoms with van der Waals surface area (Å²) in [5.74, 6) is -2.53. The molecule has 3 fully saturated rings. The van der Waals surface area contributed by atoms with Gasteiger partial charge in [-0.1, -0.05) is 0 Å². The minimum Gasteiger partial charge on any atom is -0.497 e. The van der Waals surface area contributed by atoms with Crippen LogP contribution in [0.25, 0.3) is 0 Å². The van der Waals surface area contributed by atoms with Gasteiger partial charge in [0.2, 0.25) is 0 Å². The zero-order valence-electron chi connectivity index (χ0n) is 15.2. The van der Waals surface area contributed by atoms with E-state index in [0.717, 1.165) is 4.90 Å². The molecular weight excluding hydrogens is 358 g/mol. The molecule has 3 heterocycles. The number of fused-ring (bicyclic) bond motifs is 1. The lowest BCUT2D eigenvalue weighted by molar-refractivity contribution is -0.287. The number of aliphatic hydroxyl groups excluding tert-OH is 1. The van der Waals surface area contributed by atoms with Crippen molar-refractivity contribution in [1.29, 1.82) is 0 Å². The van der Waals surface area contributed by atoms with Crippen molar-refractivity contribution in [3.05, 3.63) is 29.8 Å². The van der Waals surface area contributed by atoms with Crippen molar-refractivity contribution in [2.24, 2.45) is 0 Å². The highest BCUT2D eigenvalue weighted by Crippen LogP contribution is 2.41. The minimum absolute atomic E-state index is 0.0724. The van der Waals surface area contributed by atoms with Gasteiger partial charge in [0.15, 0.2) is 11.9 Å². The molecule has 0 aliphatic carbocycles. The van der Waals surface area contributed by atoms with Crippen molar-refractivity contribution in [3.63, 3.8) is 0 Å². The van der Waals surface area contributed by atoms with Gasteiger partial charge in [0.1, 0.15) is 24.5 Å². The van der Waals surface area contributed by atoms with Crippen LogP contribution in [0.15, 0.2) is 24.3 Å². The molecular formula is C18H21NO8. The van der Waals surface area contributed by atoms with Gasteiger partial charge in [0.25, 0.3) is 11.7 Å². The Labute approximate surface area is 155 Å². The molecule has 0 bridgehead atoms. The number of carbonyl (C=O) groups excluding carboxylic acids is 2. The molecule has 0 saturated carbocycles. The molecule has 4 rings (SSSR count). The van der Waals surface area contributed by atoms with Gasteiger partial charge < -0.3 is 28.8 Å². The number of imide groups is 1. The quantitative estimate of drug-likeness (QED) is 0.808. The largest absolute Gasteiger partial charge is 0.497 e. The van der Waals surface area contributed by atoms with E-state index < -0.39 is 41.9 Å². The van der Waals surface area contributed by atoms with Crippen LogP contribution in [-0.4, -0.2) is 72.2 Å². The Morgan fingerprint density at radius 3 is 2.63 bits per heavy atom. The highest BCUT2D eigenvalue weighted by atomic mass is 16.8. The summed E-state index contributed by atoms with van der Waals surface area (Å²) >= 11 is 0. The molecule has 27 heavy (non-hydrogen) atoms. The number of benzene rings is 1. The Kier molecular flexibility index (Phi) is 4.15. The van der Waals surface area contributed by atoms with Crippen molar-refractivity contribution in [3.8, 4) is 5.75 Å². The third-order valence-electron chi connectivity index (χ3n) is 4.92. The van der Waals surface area contributed by atoms with Crippen molar-refractivity contribution >= 4 is 12.0 Å². The Hall–Kier alpha value is -2.20. The first kappa shape index (κ1) is 18.2. The van der Waals surface area contributed by atoms with Crippen LogP contribution in [0.2, 0.25) is 0 Å². The summed E-state index contributed by atoms with van der Waals surface area (Å²) in [5.41, 5.74) is 0.287. The highest BCUT2D eigenvalue weighted by Gasteiger charge is 2.63. The van der Waals surface area contributed by atoms with Crippen LogP contribution in [0.5, 0.6) is 5.75 Å². The zero-order chi connectivity index (χ0) is 19.4. The summed E-state index contributed by atoms with van der Waals surface area (Å²) in [6.45, 7) is 3.28. The van der Waals surface area contributed by atoms with E-state index in [1.165, 1.54) is 7.11 Å². The van der Waals surface area contributed by atoms with Gasteiger partial charge in [-0.25, -0.2) is 9.69 Å². The van der Waals surface area contributed by atoms with Gasteiger partial charge in [-0.15, -0.1) is 0 Å². The number of carbonyl (C=O) groups is 2. The molecule has 146 valence electrons. The van der Waals surface area contributed by atoms with Crippen LogP contribution in [0.1, 0.15) is 24.2 Å². The SMILES string of the molecule is COc1ccc(C(=O)N2C[C@]3(OC[C@H]4OC(C)(C)O[C@H]4[C@@H]3O)OC2=O)cc1. The van der Waals surface area contributed by atoms with E-state index in [4.69, 9.17) is 23.7 Å². The summed E-state index contributed by atoms with van der Waals surface area (Å²) < 4.78 is 27.4. The molecule has 9 nitrogen and oxygen atoms in total. The van der Waals surface area contributed by atoms with E-state index in [2.05, 4.69) is 0 Å². The van der Waals surface area contributed by atoms with Crippen LogP contribution < -0.4 is 4.74 Å². The lowest BCUT2D eigenvalue weighted by Gasteiger charge is -2.40. The second-order valence-electron chi connectivity index (χ2n) is 7.19. The standard InChI is InChI=1S/C18H21NO8/c1-17(2)25-12-8-24-18(14(20)13(12)26-17)9-19(16(22)27-18)15(21)10-4-6-11(23-3)7-5-10/h4-7,12-14,20H,8-9H2,1-3H3/t12-,13-,14+,18+/m1/s1. The van der Waals surface area contributed by atoms with E-state index in [1.807, 2.05) is 0 Å². The van der Waals surface area contributed by atoms with Crippen molar-refractivity contribution in [1.82, 2.24) is 4.90 Å². The van der Waals surface area contributed by atoms with Crippen molar-refractivity contribution in [2.45, 2.75) is 43.7 Å². The molecule has 9 heteroatoms. The van der Waals surface area contributed by atoms with Gasteiger partial charge in [-0.05, 0) is 38.1 Å². The number of hydrogen-bond acceptors (Lipinski definition) is 8. The fourth-order valence-corrected chi connectivity index (χ4v) is 3.61. The maximum absolute atomic E-state index is 12.7. The van der Waals surface area contributed by atoms with E-state index in [9.17, 15) is 14.7 Å². The molecule has 1 N–H and O–H groups in total. The van der Waals surface area contributed by atoms with E-state index in [-0.39, 0.29) is 18.7 Å². The van der Waals surface area contributed by atoms with Gasteiger partial charge >= 0.3 is 6.09 Å². The third kappa shape index (κ3) is 2.96. The molecule has 3 saturated heterocycles. The second-order valence-corrected chi connectivity index (χ2v) is 7.19. The van der Waals surface area contributed by atoms with Gasteiger partial charge in [-0.2, -0.15) is 0 Å². The van der Waals surface area contributed by atoms with Gasteiger partial charge in [-0.3, -0.25) is 4.79 Å². The molecule has 3 aliphatic heterocycles. The van der Waals surface area contributed by atoms with E-state index in [1.54, 1.807) is 38.1 Å². The van der Waals surface area contributed by atoms with Gasteiger partial charge in [0.05, 0.1) is 13.7 Å². The Balaban J connectivity index is 1.54. The Morgan fingerprint density at radius 1 is 1.26 bits per heavy atom. The van der Waals surface area contributed by atoms with E-state index >= 15 is 0 Å². The Bertz CT molecular complexity index is 763. The maximum Gasteiger partial charge on any atom is 0.419 e. The number of methoxy groups -OCH3 is 1. The fraction of sp³-hybridized carbons (Fsp3) is 0.556. The number of rotatable bonds is 2. The zero-order valence-corrected chi connectivity index (χ0v) is 15.2. The summed E-state index contributed by atoms with van der Waals surface area (Å²) in [6, 6.07) is 6.33. The first-order chi connectivity index (χ1) is 12.7. The van der Waals surface area contributed by atoms with Crippen LogP contribution in [0, 0.1) is 0 Å². The maximum atomic E-state index is 12.7. The fourth-order valence-electron chi connectivity index (χ4n) is 3.61.